The number of sulfonamides is 1. The Morgan fingerprint density at radius 3 is 2.46 bits per heavy atom. The number of hydrogen-bond acceptors (Lipinski definition) is 5. The smallest absolute Gasteiger partial charge is 0.275 e. The van der Waals surface area contributed by atoms with E-state index >= 15 is 0 Å². The minimum Gasteiger partial charge on any atom is -0.319 e. The highest BCUT2D eigenvalue weighted by molar-refractivity contribution is 7.89. The average molecular weight is 398 g/mol. The van der Waals surface area contributed by atoms with E-state index in [-0.39, 0.29) is 33.6 Å². The second-order valence-electron chi connectivity index (χ2n) is 5.71. The number of nitrogens with zero attached hydrogens (tertiary/aromatic N) is 2. The Labute approximate surface area is 153 Å². The van der Waals surface area contributed by atoms with Crippen LogP contribution >= 0.6 is 24.0 Å². The molecule has 0 aliphatic carbocycles. The van der Waals surface area contributed by atoms with Crippen LogP contribution in [0, 0.1) is 23.0 Å². The van der Waals surface area contributed by atoms with Crippen molar-refractivity contribution in [3.63, 3.8) is 0 Å². The van der Waals surface area contributed by atoms with Crippen LogP contribution in [0.2, 0.25) is 5.02 Å². The summed E-state index contributed by atoms with van der Waals surface area (Å²) in [6, 6.07) is 2.38. The fourth-order valence-corrected chi connectivity index (χ4v) is 4.57. The maximum atomic E-state index is 12.7. The van der Waals surface area contributed by atoms with Crippen LogP contribution in [0.15, 0.2) is 17.0 Å². The quantitative estimate of drug-likeness (QED) is 0.608. The maximum Gasteiger partial charge on any atom is 0.275 e. The number of piperidine rings is 1. The van der Waals surface area contributed by atoms with E-state index in [4.69, 9.17) is 11.6 Å². The first-order valence-electron chi connectivity index (χ1n) is 7.36. The van der Waals surface area contributed by atoms with Crippen LogP contribution in [0.3, 0.4) is 0 Å². The molecule has 1 aliphatic rings. The van der Waals surface area contributed by atoms with Gasteiger partial charge in [0.15, 0.2) is 0 Å². The SMILES string of the molecule is CNCC1CCN(S(=O)(=O)c2cc(Cl)c(C)c([N+](=O)[O-])c2)CC1.Cl. The van der Waals surface area contributed by atoms with Crippen molar-refractivity contribution in [3.8, 4) is 0 Å². The minimum atomic E-state index is -3.77. The van der Waals surface area contributed by atoms with E-state index in [0.717, 1.165) is 25.5 Å². The fourth-order valence-electron chi connectivity index (χ4n) is 2.77. The molecule has 0 bridgehead atoms. The maximum absolute atomic E-state index is 12.7. The summed E-state index contributed by atoms with van der Waals surface area (Å²) in [5, 5.41) is 14.3. The molecule has 0 atom stereocenters. The first kappa shape index (κ1) is 21.1. The summed E-state index contributed by atoms with van der Waals surface area (Å²) in [6.45, 7) is 3.18. The molecule has 0 aromatic heterocycles. The molecule has 1 aliphatic heterocycles. The van der Waals surface area contributed by atoms with E-state index in [9.17, 15) is 18.5 Å². The van der Waals surface area contributed by atoms with Gasteiger partial charge in [-0.3, -0.25) is 10.1 Å². The van der Waals surface area contributed by atoms with Crippen molar-refractivity contribution in [2.45, 2.75) is 24.7 Å². The van der Waals surface area contributed by atoms with E-state index in [2.05, 4.69) is 5.32 Å². The highest BCUT2D eigenvalue weighted by Gasteiger charge is 2.31. The lowest BCUT2D eigenvalue weighted by Gasteiger charge is -2.31. The van der Waals surface area contributed by atoms with Gasteiger partial charge in [-0.2, -0.15) is 4.31 Å². The molecular weight excluding hydrogens is 377 g/mol. The number of nitrogens with one attached hydrogen (secondary N) is 1. The lowest BCUT2D eigenvalue weighted by molar-refractivity contribution is -0.385. The molecule has 7 nitrogen and oxygen atoms in total. The molecule has 136 valence electrons. The number of benzene rings is 1. The largest absolute Gasteiger partial charge is 0.319 e. The third kappa shape index (κ3) is 4.37. The summed E-state index contributed by atoms with van der Waals surface area (Å²) in [7, 11) is -1.90. The van der Waals surface area contributed by atoms with Crippen LogP contribution in [0.25, 0.3) is 0 Å². The second-order valence-corrected chi connectivity index (χ2v) is 8.06. The molecule has 0 spiro atoms. The van der Waals surface area contributed by atoms with Crippen molar-refractivity contribution in [1.82, 2.24) is 9.62 Å². The molecule has 1 saturated heterocycles. The Hall–Kier alpha value is -0.930. The van der Waals surface area contributed by atoms with Crippen LogP contribution in [-0.2, 0) is 10.0 Å². The summed E-state index contributed by atoms with van der Waals surface area (Å²) >= 11 is 5.98. The van der Waals surface area contributed by atoms with Crippen molar-refractivity contribution >= 4 is 39.7 Å². The number of nitro benzene ring substituents is 1. The molecule has 0 saturated carbocycles. The predicted molar refractivity (Wildman–Crippen MR) is 95.5 cm³/mol. The van der Waals surface area contributed by atoms with Gasteiger partial charge >= 0.3 is 0 Å². The number of nitro groups is 1. The topological polar surface area (TPSA) is 92.6 Å². The van der Waals surface area contributed by atoms with Gasteiger partial charge in [0.1, 0.15) is 0 Å². The van der Waals surface area contributed by atoms with E-state index in [1.807, 2.05) is 7.05 Å². The molecule has 2 rings (SSSR count). The molecule has 1 heterocycles. The summed E-state index contributed by atoms with van der Waals surface area (Å²) in [6.07, 6.45) is 1.53. The predicted octanol–water partition coefficient (Wildman–Crippen LogP) is 2.60. The zero-order chi connectivity index (χ0) is 17.2. The van der Waals surface area contributed by atoms with Gasteiger partial charge < -0.3 is 5.32 Å². The highest BCUT2D eigenvalue weighted by Crippen LogP contribution is 2.32. The van der Waals surface area contributed by atoms with Crippen molar-refractivity contribution in [3.05, 3.63) is 32.8 Å². The van der Waals surface area contributed by atoms with Crippen LogP contribution < -0.4 is 5.32 Å². The molecule has 1 aromatic carbocycles. The van der Waals surface area contributed by atoms with E-state index in [1.54, 1.807) is 0 Å². The van der Waals surface area contributed by atoms with Gasteiger partial charge in [0, 0.05) is 24.7 Å². The summed E-state index contributed by atoms with van der Waals surface area (Å²) in [4.78, 5) is 10.3. The Balaban J connectivity index is 0.00000288. The second kappa shape index (κ2) is 8.44. The summed E-state index contributed by atoms with van der Waals surface area (Å²) in [5.41, 5.74) is -0.00973. The molecular formula is C14H21Cl2N3O4S. The summed E-state index contributed by atoms with van der Waals surface area (Å²) < 4.78 is 26.8. The highest BCUT2D eigenvalue weighted by atomic mass is 35.5. The Kier molecular flexibility index (Phi) is 7.43. The lowest BCUT2D eigenvalue weighted by atomic mass is 9.98. The molecule has 1 fully saturated rings. The molecule has 24 heavy (non-hydrogen) atoms. The standard InChI is InChI=1S/C14H20ClN3O4S.ClH/c1-10-13(15)7-12(8-14(10)18(19)20)23(21,22)17-5-3-11(4-6-17)9-16-2;/h7-8,11,16H,3-6,9H2,1-2H3;1H. The Morgan fingerprint density at radius 2 is 1.96 bits per heavy atom. The first-order valence-corrected chi connectivity index (χ1v) is 9.18. The lowest BCUT2D eigenvalue weighted by Crippen LogP contribution is -2.40. The molecule has 0 amide bonds. The van der Waals surface area contributed by atoms with Crippen molar-refractivity contribution in [1.29, 1.82) is 0 Å². The fraction of sp³-hybridized carbons (Fsp3) is 0.571. The van der Waals surface area contributed by atoms with Gasteiger partial charge in [-0.15, -0.1) is 12.4 Å². The van der Waals surface area contributed by atoms with Crippen molar-refractivity contribution in [2.24, 2.45) is 5.92 Å². The normalized spacial score (nSPS) is 16.6. The number of halogens is 2. The van der Waals surface area contributed by atoms with Gasteiger partial charge in [-0.05, 0) is 45.3 Å². The Bertz CT molecular complexity index is 704. The van der Waals surface area contributed by atoms with Crippen molar-refractivity contribution in [2.75, 3.05) is 26.7 Å². The van der Waals surface area contributed by atoms with Crippen LogP contribution in [0.4, 0.5) is 5.69 Å². The van der Waals surface area contributed by atoms with E-state index in [1.165, 1.54) is 17.3 Å². The van der Waals surface area contributed by atoms with E-state index in [0.29, 0.717) is 19.0 Å². The molecule has 0 radical (unpaired) electrons. The molecule has 0 unspecified atom stereocenters. The number of rotatable bonds is 5. The van der Waals surface area contributed by atoms with Crippen molar-refractivity contribution < 1.29 is 13.3 Å². The Morgan fingerprint density at radius 1 is 1.38 bits per heavy atom. The summed E-state index contributed by atoms with van der Waals surface area (Å²) in [5.74, 6) is 0.447. The molecule has 10 heteroatoms. The van der Waals surface area contributed by atoms with Crippen LogP contribution in [0.1, 0.15) is 18.4 Å². The number of hydrogen-bond donors (Lipinski definition) is 1. The monoisotopic (exact) mass is 397 g/mol. The zero-order valence-electron chi connectivity index (χ0n) is 13.5. The van der Waals surface area contributed by atoms with Gasteiger partial charge in [0.2, 0.25) is 10.0 Å². The van der Waals surface area contributed by atoms with Gasteiger partial charge in [0.05, 0.1) is 14.8 Å². The van der Waals surface area contributed by atoms with Gasteiger partial charge in [-0.25, -0.2) is 8.42 Å². The first-order chi connectivity index (χ1) is 10.8. The minimum absolute atomic E-state index is 0. The third-order valence-corrected chi connectivity index (χ3v) is 6.46. The van der Waals surface area contributed by atoms with E-state index < -0.39 is 14.9 Å². The van der Waals surface area contributed by atoms with Crippen LogP contribution in [0.5, 0.6) is 0 Å². The average Bonchev–Trinajstić information content (AvgIpc) is 2.50. The zero-order valence-corrected chi connectivity index (χ0v) is 15.9. The molecule has 1 aromatic rings. The van der Waals surface area contributed by atoms with Gasteiger partial charge in [0.25, 0.3) is 5.69 Å². The van der Waals surface area contributed by atoms with Crippen LogP contribution in [-0.4, -0.2) is 44.3 Å². The van der Waals surface area contributed by atoms with Gasteiger partial charge in [-0.1, -0.05) is 11.6 Å². The third-order valence-electron chi connectivity index (χ3n) is 4.19. The molecule has 1 N–H and O–H groups in total.